The van der Waals surface area contributed by atoms with E-state index in [-0.39, 0.29) is 11.3 Å². The molecule has 2 heterocycles. The standard InChI is InChI=1S/C27H32N2O4/c1-4-6-7-14-29-24(19-10-8-18(5-2)9-11-19)23(26(31)27(29)32)25(30)20-12-13-22-21(17-20)28(3)15-16-33-22/h8-13,17,24,30H,4-7,14-16H2,1-3H3/b25-23-. The van der Waals surface area contributed by atoms with Crippen LogP contribution < -0.4 is 9.64 Å². The molecule has 6 nitrogen and oxygen atoms in total. The first-order valence-electron chi connectivity index (χ1n) is 11.8. The molecule has 1 saturated heterocycles. The smallest absolute Gasteiger partial charge is 0.295 e. The van der Waals surface area contributed by atoms with Gasteiger partial charge in [0.25, 0.3) is 11.7 Å². The summed E-state index contributed by atoms with van der Waals surface area (Å²) in [6.45, 7) is 6.01. The molecule has 1 atom stereocenters. The summed E-state index contributed by atoms with van der Waals surface area (Å²) in [6, 6.07) is 12.7. The number of carbonyl (C=O) groups excluding carboxylic acids is 2. The molecule has 1 unspecified atom stereocenters. The second-order valence-corrected chi connectivity index (χ2v) is 8.75. The van der Waals surface area contributed by atoms with E-state index in [0.717, 1.165) is 49.2 Å². The van der Waals surface area contributed by atoms with Gasteiger partial charge < -0.3 is 19.6 Å². The number of aliphatic hydroxyl groups is 1. The first-order valence-corrected chi connectivity index (χ1v) is 11.8. The highest BCUT2D eigenvalue weighted by molar-refractivity contribution is 6.46. The van der Waals surface area contributed by atoms with Crippen molar-refractivity contribution in [2.75, 3.05) is 31.6 Å². The summed E-state index contributed by atoms with van der Waals surface area (Å²) in [5.41, 5.74) is 3.53. The van der Waals surface area contributed by atoms with Crippen molar-refractivity contribution in [1.82, 2.24) is 4.90 Å². The van der Waals surface area contributed by atoms with Crippen LogP contribution in [0.15, 0.2) is 48.0 Å². The summed E-state index contributed by atoms with van der Waals surface area (Å²) < 4.78 is 5.71. The van der Waals surface area contributed by atoms with E-state index in [1.165, 1.54) is 5.56 Å². The number of carbonyl (C=O) groups is 2. The van der Waals surface area contributed by atoms with Crippen molar-refractivity contribution >= 4 is 23.1 Å². The fraction of sp³-hybridized carbons (Fsp3) is 0.407. The van der Waals surface area contributed by atoms with E-state index in [9.17, 15) is 14.7 Å². The van der Waals surface area contributed by atoms with Gasteiger partial charge in [0.05, 0.1) is 23.8 Å². The van der Waals surface area contributed by atoms with Gasteiger partial charge in [0.15, 0.2) is 0 Å². The molecule has 0 aliphatic carbocycles. The van der Waals surface area contributed by atoms with Crippen molar-refractivity contribution in [3.8, 4) is 5.75 Å². The van der Waals surface area contributed by atoms with Gasteiger partial charge in [0.1, 0.15) is 18.1 Å². The van der Waals surface area contributed by atoms with Gasteiger partial charge in [0, 0.05) is 19.2 Å². The predicted molar refractivity (Wildman–Crippen MR) is 130 cm³/mol. The topological polar surface area (TPSA) is 70.1 Å². The SMILES string of the molecule is CCCCCN1C(=O)C(=O)/C(=C(\O)c2ccc3c(c2)N(C)CCO3)C1c1ccc(CC)cc1. The molecule has 0 radical (unpaired) electrons. The number of hydrogen-bond donors (Lipinski definition) is 1. The van der Waals surface area contributed by atoms with Crippen LogP contribution in [0, 0.1) is 0 Å². The number of likely N-dealkylation sites (tertiary alicyclic amines) is 1. The van der Waals surface area contributed by atoms with Crippen LogP contribution in [0.2, 0.25) is 0 Å². The third-order valence-electron chi connectivity index (χ3n) is 6.57. The number of hydrogen-bond acceptors (Lipinski definition) is 5. The van der Waals surface area contributed by atoms with Crippen LogP contribution in [0.4, 0.5) is 5.69 Å². The van der Waals surface area contributed by atoms with Crippen LogP contribution in [0.5, 0.6) is 5.75 Å². The Bertz CT molecular complexity index is 1070. The number of anilines is 1. The molecule has 33 heavy (non-hydrogen) atoms. The summed E-state index contributed by atoms with van der Waals surface area (Å²) in [6.07, 6.45) is 3.71. The lowest BCUT2D eigenvalue weighted by Gasteiger charge is -2.28. The van der Waals surface area contributed by atoms with Gasteiger partial charge in [-0.15, -0.1) is 0 Å². The van der Waals surface area contributed by atoms with Gasteiger partial charge in [-0.3, -0.25) is 9.59 Å². The maximum absolute atomic E-state index is 13.2. The van der Waals surface area contributed by atoms with Gasteiger partial charge in [-0.25, -0.2) is 0 Å². The summed E-state index contributed by atoms with van der Waals surface area (Å²) in [5.74, 6) is -0.573. The summed E-state index contributed by atoms with van der Waals surface area (Å²) in [4.78, 5) is 29.9. The van der Waals surface area contributed by atoms with E-state index < -0.39 is 17.7 Å². The number of likely N-dealkylation sites (N-methyl/N-ethyl adjacent to an activating group) is 1. The minimum atomic E-state index is -0.629. The van der Waals surface area contributed by atoms with Crippen LogP contribution >= 0.6 is 0 Å². The molecule has 4 rings (SSSR count). The largest absolute Gasteiger partial charge is 0.507 e. The van der Waals surface area contributed by atoms with Crippen LogP contribution in [0.3, 0.4) is 0 Å². The van der Waals surface area contributed by atoms with Crippen LogP contribution in [-0.4, -0.2) is 48.4 Å². The van der Waals surface area contributed by atoms with Crippen molar-refractivity contribution in [3.05, 3.63) is 64.7 Å². The molecule has 0 aromatic heterocycles. The molecule has 1 fully saturated rings. The quantitative estimate of drug-likeness (QED) is 0.288. The summed E-state index contributed by atoms with van der Waals surface area (Å²) in [7, 11) is 1.97. The van der Waals surface area contributed by atoms with Gasteiger partial charge in [-0.1, -0.05) is 51.0 Å². The molecule has 2 aliphatic rings. The van der Waals surface area contributed by atoms with Crippen LogP contribution in [0.25, 0.3) is 5.76 Å². The van der Waals surface area contributed by atoms with E-state index >= 15 is 0 Å². The third kappa shape index (κ3) is 4.34. The number of aryl methyl sites for hydroxylation is 1. The monoisotopic (exact) mass is 448 g/mol. The number of rotatable bonds is 7. The van der Waals surface area contributed by atoms with E-state index in [2.05, 4.69) is 18.7 Å². The van der Waals surface area contributed by atoms with Gasteiger partial charge >= 0.3 is 0 Å². The molecule has 1 N–H and O–H groups in total. The van der Waals surface area contributed by atoms with Gasteiger partial charge in [-0.05, 0) is 42.2 Å². The van der Waals surface area contributed by atoms with Crippen molar-refractivity contribution in [2.45, 2.75) is 45.6 Å². The highest BCUT2D eigenvalue weighted by Crippen LogP contribution is 2.41. The lowest BCUT2D eigenvalue weighted by molar-refractivity contribution is -0.139. The Morgan fingerprint density at radius 1 is 1.09 bits per heavy atom. The molecule has 2 aromatic carbocycles. The second kappa shape index (κ2) is 9.69. The average Bonchev–Trinajstić information content (AvgIpc) is 3.09. The summed E-state index contributed by atoms with van der Waals surface area (Å²) in [5, 5.41) is 11.3. The molecule has 2 aromatic rings. The normalized spacial score (nSPS) is 19.5. The molecule has 0 saturated carbocycles. The molecule has 1 amide bonds. The van der Waals surface area contributed by atoms with Crippen molar-refractivity contribution < 1.29 is 19.4 Å². The maximum atomic E-state index is 13.2. The highest BCUT2D eigenvalue weighted by Gasteiger charge is 2.45. The molecular formula is C27H32N2O4. The number of benzene rings is 2. The van der Waals surface area contributed by atoms with E-state index in [0.29, 0.717) is 18.7 Å². The number of nitrogens with zero attached hydrogens (tertiary/aromatic N) is 2. The van der Waals surface area contributed by atoms with E-state index in [1.54, 1.807) is 11.0 Å². The van der Waals surface area contributed by atoms with Gasteiger partial charge in [0.2, 0.25) is 0 Å². The highest BCUT2D eigenvalue weighted by atomic mass is 16.5. The Hall–Kier alpha value is -3.28. The number of ether oxygens (including phenoxy) is 1. The second-order valence-electron chi connectivity index (χ2n) is 8.75. The minimum Gasteiger partial charge on any atom is -0.507 e. The zero-order valence-electron chi connectivity index (χ0n) is 19.6. The first kappa shape index (κ1) is 22.9. The number of unbranched alkanes of at least 4 members (excludes halogenated alkanes) is 2. The number of amides is 1. The molecule has 6 heteroatoms. The number of fused-ring (bicyclic) bond motifs is 1. The fourth-order valence-corrected chi connectivity index (χ4v) is 4.58. The van der Waals surface area contributed by atoms with E-state index in [4.69, 9.17) is 4.74 Å². The minimum absolute atomic E-state index is 0.141. The molecular weight excluding hydrogens is 416 g/mol. The molecule has 2 aliphatic heterocycles. The first-order chi connectivity index (χ1) is 16.0. The Morgan fingerprint density at radius 2 is 1.85 bits per heavy atom. The summed E-state index contributed by atoms with van der Waals surface area (Å²) >= 11 is 0. The Balaban J connectivity index is 1.80. The lowest BCUT2D eigenvalue weighted by atomic mass is 9.94. The Kier molecular flexibility index (Phi) is 6.72. The Labute approximate surface area is 195 Å². The van der Waals surface area contributed by atoms with Gasteiger partial charge in [-0.2, -0.15) is 0 Å². The predicted octanol–water partition coefficient (Wildman–Crippen LogP) is 4.69. The van der Waals surface area contributed by atoms with E-state index in [1.807, 2.05) is 43.4 Å². The Morgan fingerprint density at radius 3 is 2.55 bits per heavy atom. The lowest BCUT2D eigenvalue weighted by Crippen LogP contribution is -2.30. The number of ketones is 1. The zero-order valence-corrected chi connectivity index (χ0v) is 19.6. The molecule has 0 bridgehead atoms. The average molecular weight is 449 g/mol. The van der Waals surface area contributed by atoms with Crippen molar-refractivity contribution in [3.63, 3.8) is 0 Å². The van der Waals surface area contributed by atoms with Crippen LogP contribution in [0.1, 0.15) is 55.8 Å². The third-order valence-corrected chi connectivity index (χ3v) is 6.57. The maximum Gasteiger partial charge on any atom is 0.295 e. The van der Waals surface area contributed by atoms with Crippen molar-refractivity contribution in [2.24, 2.45) is 0 Å². The van der Waals surface area contributed by atoms with Crippen molar-refractivity contribution in [1.29, 1.82) is 0 Å². The molecule has 0 spiro atoms. The van der Waals surface area contributed by atoms with Crippen LogP contribution in [-0.2, 0) is 16.0 Å². The molecule has 174 valence electrons. The number of aliphatic hydroxyl groups excluding tert-OH is 1. The zero-order chi connectivity index (χ0) is 23.5. The number of Topliss-reactive ketones (excluding diaryl/α,β-unsaturated/α-hetero) is 1. The fourth-order valence-electron chi connectivity index (χ4n) is 4.58.